The number of hydrogen-bond donors (Lipinski definition) is 2. The number of anilines is 1. The monoisotopic (exact) mass is 285 g/mol. The van der Waals surface area contributed by atoms with E-state index in [0.29, 0.717) is 12.2 Å². The lowest BCUT2D eigenvalue weighted by Crippen LogP contribution is -2.21. The van der Waals surface area contributed by atoms with Gasteiger partial charge < -0.3 is 15.2 Å². The van der Waals surface area contributed by atoms with Crippen molar-refractivity contribution in [2.75, 3.05) is 11.9 Å². The lowest BCUT2D eigenvalue weighted by molar-refractivity contribution is -0.116. The zero-order chi connectivity index (χ0) is 14.9. The molecule has 0 aromatic heterocycles. The molecule has 2 rings (SSSR count). The first kappa shape index (κ1) is 15.1. The van der Waals surface area contributed by atoms with Gasteiger partial charge in [0.1, 0.15) is 12.4 Å². The van der Waals surface area contributed by atoms with E-state index < -0.39 is 6.10 Å². The summed E-state index contributed by atoms with van der Waals surface area (Å²) in [5.74, 6) is 0.602. The van der Waals surface area contributed by atoms with Crippen LogP contribution in [0.5, 0.6) is 5.75 Å². The van der Waals surface area contributed by atoms with Gasteiger partial charge in [-0.2, -0.15) is 0 Å². The number of hydrogen-bond acceptors (Lipinski definition) is 3. The van der Waals surface area contributed by atoms with Crippen molar-refractivity contribution >= 4 is 11.6 Å². The van der Waals surface area contributed by atoms with Crippen molar-refractivity contribution in [3.63, 3.8) is 0 Å². The summed E-state index contributed by atoms with van der Waals surface area (Å²) in [6.45, 7) is 0.183. The number of aliphatic hydroxyl groups is 1. The maximum Gasteiger partial charge on any atom is 0.224 e. The van der Waals surface area contributed by atoms with Crippen molar-refractivity contribution in [2.45, 2.75) is 18.9 Å². The molecule has 4 heteroatoms. The topological polar surface area (TPSA) is 58.6 Å². The van der Waals surface area contributed by atoms with E-state index in [1.165, 1.54) is 0 Å². The summed E-state index contributed by atoms with van der Waals surface area (Å²) >= 11 is 0. The van der Waals surface area contributed by atoms with Crippen LogP contribution < -0.4 is 10.1 Å². The standard InChI is InChI=1S/C17H19NO3/c19-15(13-21-16-9-5-2-6-10-16)11-12-17(20)18-14-7-3-1-4-8-14/h1-10,15,19H,11-13H2,(H,18,20). The average Bonchev–Trinajstić information content (AvgIpc) is 2.53. The third-order valence-electron chi connectivity index (χ3n) is 2.95. The fourth-order valence-electron chi connectivity index (χ4n) is 1.84. The quantitative estimate of drug-likeness (QED) is 0.822. The summed E-state index contributed by atoms with van der Waals surface area (Å²) in [6, 6.07) is 18.6. The molecule has 21 heavy (non-hydrogen) atoms. The predicted octanol–water partition coefficient (Wildman–Crippen LogP) is 2.85. The van der Waals surface area contributed by atoms with Gasteiger partial charge in [-0.1, -0.05) is 36.4 Å². The highest BCUT2D eigenvalue weighted by atomic mass is 16.5. The van der Waals surface area contributed by atoms with Crippen molar-refractivity contribution in [2.24, 2.45) is 0 Å². The van der Waals surface area contributed by atoms with E-state index >= 15 is 0 Å². The number of benzene rings is 2. The second kappa shape index (κ2) is 8.07. The minimum atomic E-state index is -0.660. The molecule has 110 valence electrons. The van der Waals surface area contributed by atoms with Crippen LogP contribution in [0, 0.1) is 0 Å². The van der Waals surface area contributed by atoms with E-state index in [1.54, 1.807) is 0 Å². The largest absolute Gasteiger partial charge is 0.491 e. The minimum Gasteiger partial charge on any atom is -0.491 e. The fraction of sp³-hybridized carbons (Fsp3) is 0.235. The first-order chi connectivity index (χ1) is 10.2. The first-order valence-electron chi connectivity index (χ1n) is 6.95. The second-order valence-electron chi connectivity index (χ2n) is 4.73. The summed E-state index contributed by atoms with van der Waals surface area (Å²) in [7, 11) is 0. The van der Waals surface area contributed by atoms with Crippen LogP contribution in [-0.2, 0) is 4.79 Å². The molecular formula is C17H19NO3. The molecule has 2 aromatic carbocycles. The Morgan fingerprint density at radius 1 is 1.05 bits per heavy atom. The van der Waals surface area contributed by atoms with Gasteiger partial charge in [-0.15, -0.1) is 0 Å². The van der Waals surface area contributed by atoms with Gasteiger partial charge in [0.05, 0.1) is 6.10 Å². The maximum atomic E-state index is 11.7. The third kappa shape index (κ3) is 5.67. The van der Waals surface area contributed by atoms with Crippen molar-refractivity contribution in [3.05, 3.63) is 60.7 Å². The Kier molecular flexibility index (Phi) is 5.79. The van der Waals surface area contributed by atoms with Crippen molar-refractivity contribution in [3.8, 4) is 5.75 Å². The zero-order valence-corrected chi connectivity index (χ0v) is 11.7. The molecule has 0 fully saturated rings. The van der Waals surface area contributed by atoms with Crippen LogP contribution in [0.2, 0.25) is 0 Å². The van der Waals surface area contributed by atoms with E-state index in [9.17, 15) is 9.90 Å². The molecule has 0 aliphatic rings. The Morgan fingerprint density at radius 3 is 2.33 bits per heavy atom. The van der Waals surface area contributed by atoms with Crippen LogP contribution in [0.3, 0.4) is 0 Å². The van der Waals surface area contributed by atoms with E-state index in [0.717, 1.165) is 5.69 Å². The van der Waals surface area contributed by atoms with Gasteiger partial charge in [-0.3, -0.25) is 4.79 Å². The van der Waals surface area contributed by atoms with E-state index in [1.807, 2.05) is 60.7 Å². The smallest absolute Gasteiger partial charge is 0.224 e. The number of carbonyl (C=O) groups excluding carboxylic acids is 1. The highest BCUT2D eigenvalue weighted by molar-refractivity contribution is 5.90. The molecule has 0 bridgehead atoms. The van der Waals surface area contributed by atoms with Gasteiger partial charge in [0, 0.05) is 12.1 Å². The van der Waals surface area contributed by atoms with E-state index in [4.69, 9.17) is 4.74 Å². The number of rotatable bonds is 7. The van der Waals surface area contributed by atoms with Gasteiger partial charge in [-0.05, 0) is 30.7 Å². The molecule has 2 aromatic rings. The van der Waals surface area contributed by atoms with Crippen molar-refractivity contribution < 1.29 is 14.6 Å². The van der Waals surface area contributed by atoms with Gasteiger partial charge >= 0.3 is 0 Å². The van der Waals surface area contributed by atoms with Crippen LogP contribution >= 0.6 is 0 Å². The number of nitrogens with one attached hydrogen (secondary N) is 1. The van der Waals surface area contributed by atoms with Crippen LogP contribution in [0.25, 0.3) is 0 Å². The summed E-state index contributed by atoms with van der Waals surface area (Å²) in [5.41, 5.74) is 0.762. The number of amides is 1. The molecule has 0 spiro atoms. The Bertz CT molecular complexity index is 542. The molecule has 0 radical (unpaired) electrons. The molecule has 2 N–H and O–H groups in total. The van der Waals surface area contributed by atoms with Crippen molar-refractivity contribution in [1.82, 2.24) is 0 Å². The average molecular weight is 285 g/mol. The zero-order valence-electron chi connectivity index (χ0n) is 11.7. The molecule has 0 aliphatic carbocycles. The summed E-state index contributed by atoms with van der Waals surface area (Å²) in [5, 5.41) is 12.6. The highest BCUT2D eigenvalue weighted by Gasteiger charge is 2.09. The van der Waals surface area contributed by atoms with Crippen LogP contribution in [0.4, 0.5) is 5.69 Å². The number of aliphatic hydroxyl groups excluding tert-OH is 1. The van der Waals surface area contributed by atoms with Gasteiger partial charge in [0.2, 0.25) is 5.91 Å². The molecule has 0 heterocycles. The van der Waals surface area contributed by atoms with Crippen molar-refractivity contribution in [1.29, 1.82) is 0 Å². The Morgan fingerprint density at radius 2 is 1.67 bits per heavy atom. The Hall–Kier alpha value is -2.33. The van der Waals surface area contributed by atoms with E-state index in [-0.39, 0.29) is 18.9 Å². The Labute approximate surface area is 124 Å². The summed E-state index contributed by atoms with van der Waals surface area (Å²) < 4.78 is 5.44. The summed E-state index contributed by atoms with van der Waals surface area (Å²) in [4.78, 5) is 11.7. The maximum absolute atomic E-state index is 11.7. The number of ether oxygens (including phenoxy) is 1. The highest BCUT2D eigenvalue weighted by Crippen LogP contribution is 2.10. The van der Waals surface area contributed by atoms with Crippen LogP contribution in [0.15, 0.2) is 60.7 Å². The molecule has 0 aliphatic heterocycles. The number of carbonyl (C=O) groups is 1. The molecular weight excluding hydrogens is 266 g/mol. The Balaban J connectivity index is 1.66. The SMILES string of the molecule is O=C(CCC(O)COc1ccccc1)Nc1ccccc1. The molecule has 0 saturated carbocycles. The third-order valence-corrected chi connectivity index (χ3v) is 2.95. The van der Waals surface area contributed by atoms with E-state index in [2.05, 4.69) is 5.32 Å². The normalized spacial score (nSPS) is 11.7. The molecule has 1 atom stereocenters. The molecule has 1 amide bonds. The summed E-state index contributed by atoms with van der Waals surface area (Å²) in [6.07, 6.45) is -0.0357. The molecule has 1 unspecified atom stereocenters. The fourth-order valence-corrected chi connectivity index (χ4v) is 1.84. The van der Waals surface area contributed by atoms with Gasteiger partial charge in [0.15, 0.2) is 0 Å². The van der Waals surface area contributed by atoms with Crippen LogP contribution in [0.1, 0.15) is 12.8 Å². The lowest BCUT2D eigenvalue weighted by Gasteiger charge is -2.12. The second-order valence-corrected chi connectivity index (χ2v) is 4.73. The number of para-hydroxylation sites is 2. The van der Waals surface area contributed by atoms with Gasteiger partial charge in [0.25, 0.3) is 0 Å². The first-order valence-corrected chi connectivity index (χ1v) is 6.95. The molecule has 4 nitrogen and oxygen atoms in total. The lowest BCUT2D eigenvalue weighted by atomic mass is 10.2. The molecule has 0 saturated heterocycles. The minimum absolute atomic E-state index is 0.111. The predicted molar refractivity (Wildman–Crippen MR) is 82.2 cm³/mol. The van der Waals surface area contributed by atoms with Crippen LogP contribution in [-0.4, -0.2) is 23.7 Å². The van der Waals surface area contributed by atoms with Gasteiger partial charge in [-0.25, -0.2) is 0 Å².